The average Bonchev–Trinajstić information content (AvgIpc) is 3.38. The van der Waals surface area contributed by atoms with Gasteiger partial charge in [-0.25, -0.2) is 0 Å². The summed E-state index contributed by atoms with van der Waals surface area (Å²) < 4.78 is 69.3. The van der Waals surface area contributed by atoms with E-state index in [0.717, 1.165) is 25.7 Å². The zero-order chi connectivity index (χ0) is 21.3. The van der Waals surface area contributed by atoms with E-state index < -0.39 is 30.2 Å². The van der Waals surface area contributed by atoms with Crippen molar-refractivity contribution in [3.63, 3.8) is 0 Å². The van der Waals surface area contributed by atoms with Crippen LogP contribution in [0.3, 0.4) is 0 Å². The molecule has 2 N–H and O–H groups in total. The highest BCUT2D eigenvalue weighted by atomic mass is 32.2. The van der Waals surface area contributed by atoms with E-state index in [4.69, 9.17) is 0 Å². The molecule has 6 rings (SSSR count). The molecule has 9 unspecified atom stereocenters. The molecule has 8 heteroatoms. The molecule has 6 aliphatic carbocycles. The van der Waals surface area contributed by atoms with Crippen molar-refractivity contribution in [1.82, 2.24) is 0 Å². The first-order chi connectivity index (χ1) is 13.9. The molecule has 6 nitrogen and oxygen atoms in total. The summed E-state index contributed by atoms with van der Waals surface area (Å²) in [5.41, 5.74) is -0.539. The molecule has 0 saturated heterocycles. The molecule has 0 aliphatic heterocycles. The van der Waals surface area contributed by atoms with E-state index in [1.165, 1.54) is 19.3 Å². The van der Waals surface area contributed by atoms with Crippen molar-refractivity contribution in [3.8, 4) is 0 Å². The predicted octanol–water partition coefficient (Wildman–Crippen LogP) is 3.93. The summed E-state index contributed by atoms with van der Waals surface area (Å²) in [6, 6.07) is 0. The topological polar surface area (TPSA) is 109 Å². The largest absolute Gasteiger partial charge is 0.285 e. The third kappa shape index (κ3) is 2.37. The number of hydrogen-bond acceptors (Lipinski definition) is 4. The molecule has 6 saturated carbocycles. The number of hydrogen-bond donors (Lipinski definition) is 2. The van der Waals surface area contributed by atoms with Gasteiger partial charge in [-0.05, 0) is 104 Å². The standard InChI is InChI=1S/C22H34O6S2/c1-20(8-13-3-2-6-21(9-13,12-20)30(26,27)28)22-10-16(17(11-22)29(23,24)25)18-14-4-5-15(7-14)19(18)22/h13-19H,2-12H2,1H3,(H,23,24,25)(H,26,27,28)/t13?,14?,15?,16?,17?,18?,19?,20?,21-,22?/m1/s1. The summed E-state index contributed by atoms with van der Waals surface area (Å²) in [5.74, 6) is 2.30. The van der Waals surface area contributed by atoms with Gasteiger partial charge in [0.05, 0.1) is 10.00 Å². The third-order valence-corrected chi connectivity index (χ3v) is 14.1. The molecule has 0 aromatic rings. The Hall–Kier alpha value is -0.180. The Morgan fingerprint density at radius 3 is 2.33 bits per heavy atom. The fraction of sp³-hybridized carbons (Fsp3) is 1.00. The van der Waals surface area contributed by atoms with E-state index in [2.05, 4.69) is 6.92 Å². The summed E-state index contributed by atoms with van der Waals surface area (Å²) in [6.07, 6.45) is 9.10. The zero-order valence-electron chi connectivity index (χ0n) is 17.7. The lowest BCUT2D eigenvalue weighted by Gasteiger charge is -2.60. The van der Waals surface area contributed by atoms with Crippen molar-refractivity contribution in [2.24, 2.45) is 46.3 Å². The summed E-state index contributed by atoms with van der Waals surface area (Å²) in [7, 11) is -8.31. The summed E-state index contributed by atoms with van der Waals surface area (Å²) >= 11 is 0. The van der Waals surface area contributed by atoms with Crippen molar-refractivity contribution in [2.45, 2.75) is 87.5 Å². The highest BCUT2D eigenvalue weighted by Gasteiger charge is 2.76. The molecule has 6 fully saturated rings. The SMILES string of the molecule is CC1(C23CC(C4C5CCC(C5)C42)C(S(=O)(=O)O)C3)CC2CCC[C@@](S(=O)(=O)O)(C2)C1. The first-order valence-corrected chi connectivity index (χ1v) is 14.8. The van der Waals surface area contributed by atoms with Crippen LogP contribution in [0.2, 0.25) is 0 Å². The van der Waals surface area contributed by atoms with E-state index >= 15 is 0 Å². The quantitative estimate of drug-likeness (QED) is 0.490. The number of rotatable bonds is 3. The van der Waals surface area contributed by atoms with Gasteiger partial charge in [-0.2, -0.15) is 16.8 Å². The molecule has 30 heavy (non-hydrogen) atoms. The summed E-state index contributed by atoms with van der Waals surface area (Å²) in [4.78, 5) is 0. The first-order valence-electron chi connectivity index (χ1n) is 11.8. The van der Waals surface area contributed by atoms with Gasteiger partial charge in [0.25, 0.3) is 20.2 Å². The molecule has 0 aromatic carbocycles. The van der Waals surface area contributed by atoms with Crippen molar-refractivity contribution >= 4 is 20.2 Å². The maximum absolute atomic E-state index is 12.6. The van der Waals surface area contributed by atoms with E-state index in [1.807, 2.05) is 0 Å². The van der Waals surface area contributed by atoms with Crippen LogP contribution in [-0.2, 0) is 20.2 Å². The van der Waals surface area contributed by atoms with Crippen molar-refractivity contribution in [1.29, 1.82) is 0 Å². The molecular formula is C22H34O6S2. The molecule has 6 bridgehead atoms. The Morgan fingerprint density at radius 1 is 0.900 bits per heavy atom. The Balaban J connectivity index is 1.48. The van der Waals surface area contributed by atoms with Crippen LogP contribution in [0, 0.1) is 46.3 Å². The normalized spacial score (nSPS) is 57.0. The van der Waals surface area contributed by atoms with Gasteiger partial charge >= 0.3 is 0 Å². The summed E-state index contributed by atoms with van der Waals surface area (Å²) in [6.45, 7) is 2.21. The van der Waals surface area contributed by atoms with Crippen LogP contribution in [0.5, 0.6) is 0 Å². The molecule has 10 atom stereocenters. The Morgan fingerprint density at radius 2 is 1.63 bits per heavy atom. The Bertz CT molecular complexity index is 991. The fourth-order valence-corrected chi connectivity index (χ4v) is 13.3. The van der Waals surface area contributed by atoms with Crippen LogP contribution in [0.1, 0.15) is 77.6 Å². The second kappa shape index (κ2) is 5.84. The van der Waals surface area contributed by atoms with Gasteiger partial charge in [-0.3, -0.25) is 9.11 Å². The van der Waals surface area contributed by atoms with Crippen molar-refractivity contribution in [2.75, 3.05) is 0 Å². The maximum Gasteiger partial charge on any atom is 0.270 e. The van der Waals surface area contributed by atoms with E-state index in [9.17, 15) is 25.9 Å². The lowest BCUT2D eigenvalue weighted by Crippen LogP contribution is -2.58. The van der Waals surface area contributed by atoms with E-state index in [0.29, 0.717) is 49.4 Å². The van der Waals surface area contributed by atoms with Crippen LogP contribution in [0.4, 0.5) is 0 Å². The third-order valence-electron chi connectivity index (χ3n) is 11.2. The van der Waals surface area contributed by atoms with Gasteiger partial charge in [-0.1, -0.05) is 19.8 Å². The summed E-state index contributed by atoms with van der Waals surface area (Å²) in [5, 5.41) is -0.696. The minimum absolute atomic E-state index is 0.0144. The van der Waals surface area contributed by atoms with Gasteiger partial charge in [0.1, 0.15) is 0 Å². The van der Waals surface area contributed by atoms with Crippen LogP contribution >= 0.6 is 0 Å². The Labute approximate surface area is 180 Å². The fourth-order valence-electron chi connectivity index (χ4n) is 10.7. The molecule has 0 spiro atoms. The second-order valence-electron chi connectivity index (χ2n) is 12.3. The minimum Gasteiger partial charge on any atom is -0.285 e. The van der Waals surface area contributed by atoms with Crippen molar-refractivity contribution in [3.05, 3.63) is 0 Å². The molecule has 0 amide bonds. The highest BCUT2D eigenvalue weighted by Crippen LogP contribution is 2.79. The number of fused-ring (bicyclic) bond motifs is 11. The Kier molecular flexibility index (Phi) is 3.97. The zero-order valence-corrected chi connectivity index (χ0v) is 19.3. The van der Waals surface area contributed by atoms with Crippen LogP contribution in [0.15, 0.2) is 0 Å². The highest BCUT2D eigenvalue weighted by molar-refractivity contribution is 7.87. The van der Waals surface area contributed by atoms with E-state index in [-0.39, 0.29) is 22.7 Å². The minimum atomic E-state index is -4.18. The van der Waals surface area contributed by atoms with Crippen LogP contribution in [-0.4, -0.2) is 35.9 Å². The van der Waals surface area contributed by atoms with Crippen LogP contribution < -0.4 is 0 Å². The maximum atomic E-state index is 12.6. The van der Waals surface area contributed by atoms with Gasteiger partial charge in [-0.15, -0.1) is 0 Å². The van der Waals surface area contributed by atoms with E-state index in [1.54, 1.807) is 0 Å². The van der Waals surface area contributed by atoms with Gasteiger partial charge in [0.2, 0.25) is 0 Å². The molecule has 0 aromatic heterocycles. The average molecular weight is 459 g/mol. The molecule has 0 heterocycles. The molecule has 6 aliphatic rings. The second-order valence-corrected chi connectivity index (χ2v) is 15.7. The monoisotopic (exact) mass is 458 g/mol. The lowest BCUT2D eigenvalue weighted by molar-refractivity contribution is -0.0847. The molecule has 0 radical (unpaired) electrons. The lowest BCUT2D eigenvalue weighted by atomic mass is 9.46. The molecule has 170 valence electrons. The van der Waals surface area contributed by atoms with Crippen molar-refractivity contribution < 1.29 is 25.9 Å². The predicted molar refractivity (Wildman–Crippen MR) is 112 cm³/mol. The first kappa shape index (κ1) is 20.4. The van der Waals surface area contributed by atoms with Gasteiger partial charge in [0, 0.05) is 0 Å². The van der Waals surface area contributed by atoms with Gasteiger partial charge < -0.3 is 0 Å². The van der Waals surface area contributed by atoms with Crippen LogP contribution in [0.25, 0.3) is 0 Å². The molecular weight excluding hydrogens is 424 g/mol. The van der Waals surface area contributed by atoms with Gasteiger partial charge in [0.15, 0.2) is 0 Å². The smallest absolute Gasteiger partial charge is 0.270 e.